The number of benzene rings is 1. The van der Waals surface area contributed by atoms with Crippen LogP contribution in [0.2, 0.25) is 0 Å². The Labute approximate surface area is 116 Å². The predicted octanol–water partition coefficient (Wildman–Crippen LogP) is 4.10. The molecule has 0 atom stereocenters. The minimum atomic E-state index is 0.688. The van der Waals surface area contributed by atoms with Crippen molar-refractivity contribution in [1.29, 1.82) is 0 Å². The normalized spacial score (nSPS) is 10.4. The van der Waals surface area contributed by atoms with Crippen molar-refractivity contribution in [3.05, 3.63) is 45.6 Å². The lowest BCUT2D eigenvalue weighted by Crippen LogP contribution is -2.00. The van der Waals surface area contributed by atoms with E-state index in [1.54, 1.807) is 6.20 Å². The number of rotatable bonds is 2. The van der Waals surface area contributed by atoms with Crippen LogP contribution in [0.1, 0.15) is 16.7 Å². The maximum absolute atomic E-state index is 5.81. The number of anilines is 3. The lowest BCUT2D eigenvalue weighted by molar-refractivity contribution is 1.25. The second-order valence-corrected chi connectivity index (χ2v) is 5.22. The highest BCUT2D eigenvalue weighted by molar-refractivity contribution is 9.10. The van der Waals surface area contributed by atoms with E-state index in [1.165, 1.54) is 11.1 Å². The second-order valence-electron chi connectivity index (χ2n) is 4.43. The first-order valence-corrected chi connectivity index (χ1v) is 6.53. The van der Waals surface area contributed by atoms with Gasteiger partial charge < -0.3 is 11.1 Å². The Hall–Kier alpha value is -1.55. The van der Waals surface area contributed by atoms with Crippen LogP contribution < -0.4 is 11.1 Å². The molecule has 2 aromatic rings. The molecule has 0 unspecified atom stereocenters. The Balaban J connectivity index is 2.34. The number of nitrogens with two attached hydrogens (primary N) is 1. The number of hydrogen-bond acceptors (Lipinski definition) is 3. The number of nitrogens with zero attached hydrogens (tertiary/aromatic N) is 1. The molecule has 1 heterocycles. The fourth-order valence-corrected chi connectivity index (χ4v) is 2.07. The van der Waals surface area contributed by atoms with Crippen LogP contribution in [0.5, 0.6) is 0 Å². The number of hydrogen-bond donors (Lipinski definition) is 2. The molecule has 94 valence electrons. The first-order chi connectivity index (χ1) is 8.49. The summed E-state index contributed by atoms with van der Waals surface area (Å²) >= 11 is 3.52. The Morgan fingerprint density at radius 3 is 2.56 bits per heavy atom. The van der Waals surface area contributed by atoms with Crippen LogP contribution in [-0.2, 0) is 0 Å². The molecule has 0 aliphatic heterocycles. The fourth-order valence-electron chi connectivity index (χ4n) is 1.63. The molecule has 1 aromatic heterocycles. The van der Waals surface area contributed by atoms with E-state index in [4.69, 9.17) is 5.73 Å². The molecule has 0 bridgehead atoms. The Morgan fingerprint density at radius 1 is 1.17 bits per heavy atom. The number of halogens is 1. The van der Waals surface area contributed by atoms with Crippen LogP contribution in [0.3, 0.4) is 0 Å². The molecule has 0 spiro atoms. The van der Waals surface area contributed by atoms with Crippen molar-refractivity contribution in [3.8, 4) is 0 Å². The Bertz CT molecular complexity index is 594. The first kappa shape index (κ1) is 12.9. The van der Waals surface area contributed by atoms with E-state index >= 15 is 0 Å². The summed E-state index contributed by atoms with van der Waals surface area (Å²) in [6.07, 6.45) is 1.67. The van der Waals surface area contributed by atoms with Crippen molar-refractivity contribution in [2.24, 2.45) is 0 Å². The Morgan fingerprint density at radius 2 is 1.89 bits per heavy atom. The van der Waals surface area contributed by atoms with E-state index < -0.39 is 0 Å². The summed E-state index contributed by atoms with van der Waals surface area (Å²) in [5.41, 5.74) is 11.0. The highest BCUT2D eigenvalue weighted by Gasteiger charge is 2.07. The molecule has 3 N–H and O–H groups in total. The Kier molecular flexibility index (Phi) is 3.57. The first-order valence-electron chi connectivity index (χ1n) is 5.74. The van der Waals surface area contributed by atoms with Crippen molar-refractivity contribution in [3.63, 3.8) is 0 Å². The number of nitrogen functional groups attached to an aromatic ring is 1. The zero-order chi connectivity index (χ0) is 13.3. The van der Waals surface area contributed by atoms with E-state index in [1.807, 2.05) is 13.0 Å². The van der Waals surface area contributed by atoms with Gasteiger partial charge in [0.05, 0.1) is 16.4 Å². The lowest BCUT2D eigenvalue weighted by Gasteiger charge is -2.12. The largest absolute Gasteiger partial charge is 0.397 e. The lowest BCUT2D eigenvalue weighted by atomic mass is 10.1. The second kappa shape index (κ2) is 4.98. The minimum absolute atomic E-state index is 0.688. The van der Waals surface area contributed by atoms with Crippen LogP contribution in [0, 0.1) is 20.8 Å². The molecule has 0 radical (unpaired) electrons. The highest BCUT2D eigenvalue weighted by atomic mass is 79.9. The van der Waals surface area contributed by atoms with Gasteiger partial charge in [-0.25, -0.2) is 4.98 Å². The summed E-state index contributed by atoms with van der Waals surface area (Å²) in [6.45, 7) is 6.16. The summed E-state index contributed by atoms with van der Waals surface area (Å²) in [6, 6.07) is 6.24. The molecule has 1 aromatic carbocycles. The molecule has 18 heavy (non-hydrogen) atoms. The smallest absolute Gasteiger partial charge is 0.145 e. The average molecular weight is 306 g/mol. The topological polar surface area (TPSA) is 50.9 Å². The zero-order valence-electron chi connectivity index (χ0n) is 10.7. The van der Waals surface area contributed by atoms with Gasteiger partial charge in [0.25, 0.3) is 0 Å². The zero-order valence-corrected chi connectivity index (χ0v) is 12.3. The van der Waals surface area contributed by atoms with Crippen LogP contribution in [-0.4, -0.2) is 4.98 Å². The molecule has 0 fully saturated rings. The van der Waals surface area contributed by atoms with Gasteiger partial charge in [0, 0.05) is 5.69 Å². The summed E-state index contributed by atoms with van der Waals surface area (Å²) in [7, 11) is 0. The van der Waals surface area contributed by atoms with E-state index in [0.29, 0.717) is 5.69 Å². The molecule has 0 aliphatic carbocycles. The van der Waals surface area contributed by atoms with E-state index in [0.717, 1.165) is 21.5 Å². The standard InChI is InChI=1S/C14H16BrN3/c1-8-4-5-11(6-9(8)2)18-14-13(15)10(3)12(16)7-17-14/h4-7H,16H2,1-3H3,(H,17,18). The predicted molar refractivity (Wildman–Crippen MR) is 80.3 cm³/mol. The van der Waals surface area contributed by atoms with Gasteiger partial charge in [-0.1, -0.05) is 6.07 Å². The summed E-state index contributed by atoms with van der Waals surface area (Å²) < 4.78 is 0.903. The molecule has 0 saturated heterocycles. The number of aryl methyl sites for hydroxylation is 2. The van der Waals surface area contributed by atoms with Crippen LogP contribution in [0.25, 0.3) is 0 Å². The summed E-state index contributed by atoms with van der Waals surface area (Å²) in [4.78, 5) is 4.30. The summed E-state index contributed by atoms with van der Waals surface area (Å²) in [5.74, 6) is 0.782. The minimum Gasteiger partial charge on any atom is -0.397 e. The molecule has 4 heteroatoms. The van der Waals surface area contributed by atoms with Crippen LogP contribution in [0.4, 0.5) is 17.2 Å². The van der Waals surface area contributed by atoms with Gasteiger partial charge in [-0.2, -0.15) is 0 Å². The maximum atomic E-state index is 5.81. The molecule has 0 amide bonds. The summed E-state index contributed by atoms with van der Waals surface area (Å²) in [5, 5.41) is 3.29. The molecular weight excluding hydrogens is 290 g/mol. The van der Waals surface area contributed by atoms with E-state index in [9.17, 15) is 0 Å². The number of pyridine rings is 1. The van der Waals surface area contributed by atoms with Gasteiger partial charge in [0.2, 0.25) is 0 Å². The van der Waals surface area contributed by atoms with E-state index in [2.05, 4.69) is 52.2 Å². The van der Waals surface area contributed by atoms with Gasteiger partial charge in [0.15, 0.2) is 0 Å². The van der Waals surface area contributed by atoms with Gasteiger partial charge in [-0.3, -0.25) is 0 Å². The van der Waals surface area contributed by atoms with Crippen LogP contribution in [0.15, 0.2) is 28.9 Å². The van der Waals surface area contributed by atoms with Crippen molar-refractivity contribution in [2.45, 2.75) is 20.8 Å². The number of aromatic nitrogens is 1. The van der Waals surface area contributed by atoms with Crippen molar-refractivity contribution in [1.82, 2.24) is 4.98 Å². The van der Waals surface area contributed by atoms with Gasteiger partial charge >= 0.3 is 0 Å². The molecule has 2 rings (SSSR count). The van der Waals surface area contributed by atoms with E-state index in [-0.39, 0.29) is 0 Å². The molecule has 0 aliphatic rings. The van der Waals surface area contributed by atoms with Gasteiger partial charge in [0.1, 0.15) is 5.82 Å². The SMILES string of the molecule is Cc1ccc(Nc2ncc(N)c(C)c2Br)cc1C. The number of nitrogens with one attached hydrogen (secondary N) is 1. The quantitative estimate of drug-likeness (QED) is 0.878. The third kappa shape index (κ3) is 2.48. The molecule has 3 nitrogen and oxygen atoms in total. The molecular formula is C14H16BrN3. The van der Waals surface area contributed by atoms with Crippen LogP contribution >= 0.6 is 15.9 Å². The third-order valence-electron chi connectivity index (χ3n) is 3.07. The van der Waals surface area contributed by atoms with Gasteiger partial charge in [-0.05, 0) is 65.5 Å². The maximum Gasteiger partial charge on any atom is 0.145 e. The third-order valence-corrected chi connectivity index (χ3v) is 4.04. The average Bonchev–Trinajstić information content (AvgIpc) is 2.34. The van der Waals surface area contributed by atoms with Crippen molar-refractivity contribution >= 4 is 33.1 Å². The highest BCUT2D eigenvalue weighted by Crippen LogP contribution is 2.30. The fraction of sp³-hybridized carbons (Fsp3) is 0.214. The molecule has 0 saturated carbocycles. The monoisotopic (exact) mass is 305 g/mol. The van der Waals surface area contributed by atoms with Crippen molar-refractivity contribution < 1.29 is 0 Å². The van der Waals surface area contributed by atoms with Gasteiger partial charge in [-0.15, -0.1) is 0 Å². The van der Waals surface area contributed by atoms with Crippen molar-refractivity contribution in [2.75, 3.05) is 11.1 Å².